The number of nitrogen functional groups attached to an aromatic ring is 1. The fourth-order valence-corrected chi connectivity index (χ4v) is 3.09. The monoisotopic (exact) mass is 396 g/mol. The van der Waals surface area contributed by atoms with Crippen LogP contribution in [0.2, 0.25) is 0 Å². The Balaban J connectivity index is 2.19. The number of anilines is 1. The molecule has 3 aromatic rings. The normalized spacial score (nSPS) is 11.9. The summed E-state index contributed by atoms with van der Waals surface area (Å²) >= 11 is 0. The van der Waals surface area contributed by atoms with Gasteiger partial charge >= 0.3 is 0 Å². The van der Waals surface area contributed by atoms with Gasteiger partial charge in [-0.1, -0.05) is 24.3 Å². The third kappa shape index (κ3) is 4.43. The SMILES string of the molecule is Cc1ccc(-c2cc(C(=O)N[C@@H](C)CO)cc(-c3cccc(F)c3F)c2)c(N)c1. The molecule has 0 aliphatic rings. The van der Waals surface area contributed by atoms with Gasteiger partial charge < -0.3 is 16.2 Å². The number of hydrogen-bond acceptors (Lipinski definition) is 3. The van der Waals surface area contributed by atoms with Gasteiger partial charge in [-0.05, 0) is 60.9 Å². The van der Waals surface area contributed by atoms with E-state index >= 15 is 0 Å². The van der Waals surface area contributed by atoms with Gasteiger partial charge in [0.05, 0.1) is 6.61 Å². The molecule has 1 amide bonds. The predicted octanol–water partition coefficient (Wildman–Crippen LogP) is 4.30. The Morgan fingerprint density at radius 1 is 1.07 bits per heavy atom. The maximum absolute atomic E-state index is 14.4. The lowest BCUT2D eigenvalue weighted by atomic mass is 9.94. The first kappa shape index (κ1) is 20.5. The zero-order chi connectivity index (χ0) is 21.1. The van der Waals surface area contributed by atoms with Crippen molar-refractivity contribution in [3.8, 4) is 22.3 Å². The van der Waals surface area contributed by atoms with E-state index in [-0.39, 0.29) is 17.7 Å². The Morgan fingerprint density at radius 3 is 2.41 bits per heavy atom. The molecule has 0 heterocycles. The number of nitrogens with one attached hydrogen (secondary N) is 1. The molecule has 29 heavy (non-hydrogen) atoms. The Morgan fingerprint density at radius 2 is 1.76 bits per heavy atom. The molecule has 0 spiro atoms. The number of benzene rings is 3. The second-order valence-electron chi connectivity index (χ2n) is 7.05. The molecule has 0 radical (unpaired) electrons. The number of aliphatic hydroxyl groups is 1. The van der Waals surface area contributed by atoms with Crippen LogP contribution in [0.1, 0.15) is 22.8 Å². The molecule has 6 heteroatoms. The van der Waals surface area contributed by atoms with Crippen molar-refractivity contribution < 1.29 is 18.7 Å². The van der Waals surface area contributed by atoms with Crippen LogP contribution >= 0.6 is 0 Å². The van der Waals surface area contributed by atoms with Crippen LogP contribution in [0.15, 0.2) is 54.6 Å². The van der Waals surface area contributed by atoms with Crippen LogP contribution in [0.5, 0.6) is 0 Å². The smallest absolute Gasteiger partial charge is 0.251 e. The Hall–Kier alpha value is -3.25. The zero-order valence-electron chi connectivity index (χ0n) is 16.2. The summed E-state index contributed by atoms with van der Waals surface area (Å²) in [5, 5.41) is 11.9. The Bertz CT molecular complexity index is 1070. The van der Waals surface area contributed by atoms with Gasteiger partial charge in [-0.3, -0.25) is 4.79 Å². The number of aliphatic hydroxyl groups excluding tert-OH is 1. The minimum Gasteiger partial charge on any atom is -0.398 e. The van der Waals surface area contributed by atoms with Crippen LogP contribution in [-0.2, 0) is 0 Å². The second kappa shape index (κ2) is 8.41. The number of halogens is 2. The van der Waals surface area contributed by atoms with E-state index < -0.39 is 23.6 Å². The summed E-state index contributed by atoms with van der Waals surface area (Å²) < 4.78 is 28.2. The van der Waals surface area contributed by atoms with E-state index in [2.05, 4.69) is 5.32 Å². The van der Waals surface area contributed by atoms with Gasteiger partial charge in [0.2, 0.25) is 0 Å². The maximum Gasteiger partial charge on any atom is 0.251 e. The van der Waals surface area contributed by atoms with Crippen molar-refractivity contribution in [3.63, 3.8) is 0 Å². The first-order chi connectivity index (χ1) is 13.8. The van der Waals surface area contributed by atoms with E-state index in [0.29, 0.717) is 22.4 Å². The van der Waals surface area contributed by atoms with Crippen molar-refractivity contribution in [2.45, 2.75) is 19.9 Å². The quantitative estimate of drug-likeness (QED) is 0.563. The van der Waals surface area contributed by atoms with Crippen molar-refractivity contribution in [2.24, 2.45) is 0 Å². The highest BCUT2D eigenvalue weighted by Gasteiger charge is 2.17. The highest BCUT2D eigenvalue weighted by atomic mass is 19.2. The summed E-state index contributed by atoms with van der Waals surface area (Å²) in [5.74, 6) is -2.39. The summed E-state index contributed by atoms with van der Waals surface area (Å²) in [7, 11) is 0. The minimum atomic E-state index is -0.989. The van der Waals surface area contributed by atoms with Gasteiger partial charge in [0, 0.05) is 28.4 Å². The van der Waals surface area contributed by atoms with Crippen molar-refractivity contribution in [3.05, 3.63) is 77.4 Å². The predicted molar refractivity (Wildman–Crippen MR) is 110 cm³/mol. The van der Waals surface area contributed by atoms with Gasteiger partial charge in [-0.2, -0.15) is 0 Å². The van der Waals surface area contributed by atoms with Crippen LogP contribution in [-0.4, -0.2) is 23.7 Å². The third-order valence-corrected chi connectivity index (χ3v) is 4.63. The number of carbonyl (C=O) groups excluding carboxylic acids is 1. The largest absolute Gasteiger partial charge is 0.398 e. The van der Waals surface area contributed by atoms with Crippen molar-refractivity contribution >= 4 is 11.6 Å². The van der Waals surface area contributed by atoms with Crippen LogP contribution in [0, 0.1) is 18.6 Å². The molecule has 0 saturated heterocycles. The van der Waals surface area contributed by atoms with Gasteiger partial charge in [-0.25, -0.2) is 8.78 Å². The fourth-order valence-electron chi connectivity index (χ4n) is 3.09. The average molecular weight is 396 g/mol. The van der Waals surface area contributed by atoms with Crippen LogP contribution in [0.4, 0.5) is 14.5 Å². The molecule has 0 saturated carbocycles. The third-order valence-electron chi connectivity index (χ3n) is 4.63. The van der Waals surface area contributed by atoms with Crippen molar-refractivity contribution in [2.75, 3.05) is 12.3 Å². The molecule has 150 valence electrons. The van der Waals surface area contributed by atoms with Crippen molar-refractivity contribution in [1.29, 1.82) is 0 Å². The lowest BCUT2D eigenvalue weighted by Gasteiger charge is -2.15. The van der Waals surface area contributed by atoms with Gasteiger partial charge in [0.1, 0.15) is 0 Å². The first-order valence-electron chi connectivity index (χ1n) is 9.18. The molecule has 3 aromatic carbocycles. The van der Waals surface area contributed by atoms with E-state index in [0.717, 1.165) is 11.6 Å². The number of rotatable bonds is 5. The van der Waals surface area contributed by atoms with E-state index in [1.54, 1.807) is 25.1 Å². The zero-order valence-corrected chi connectivity index (χ0v) is 16.2. The molecule has 0 aliphatic carbocycles. The van der Waals surface area contributed by atoms with Gasteiger partial charge in [-0.15, -0.1) is 0 Å². The van der Waals surface area contributed by atoms with E-state index in [1.807, 2.05) is 19.1 Å². The number of hydrogen-bond donors (Lipinski definition) is 3. The molecule has 1 atom stereocenters. The summed E-state index contributed by atoms with van der Waals surface area (Å²) in [6, 6.07) is 13.8. The molecule has 0 bridgehead atoms. The lowest BCUT2D eigenvalue weighted by Crippen LogP contribution is -2.35. The van der Waals surface area contributed by atoms with Gasteiger partial charge in [0.25, 0.3) is 5.91 Å². The lowest BCUT2D eigenvalue weighted by molar-refractivity contribution is 0.0922. The molecular formula is C23H22F2N2O2. The highest BCUT2D eigenvalue weighted by Crippen LogP contribution is 2.33. The first-order valence-corrected chi connectivity index (χ1v) is 9.18. The fraction of sp³-hybridized carbons (Fsp3) is 0.174. The van der Waals surface area contributed by atoms with E-state index in [4.69, 9.17) is 5.73 Å². The minimum absolute atomic E-state index is 0.0433. The standard InChI is InChI=1S/C23H22F2N2O2/c1-13-6-7-18(21(26)8-13)15-9-16(19-4-3-5-20(24)22(19)25)11-17(10-15)23(29)27-14(2)12-28/h3-11,14,28H,12,26H2,1-2H3,(H,27,29)/t14-/m0/s1. The van der Waals surface area contributed by atoms with E-state index in [9.17, 15) is 18.7 Å². The molecule has 0 fully saturated rings. The molecular weight excluding hydrogens is 374 g/mol. The molecule has 0 aliphatic heterocycles. The van der Waals surface area contributed by atoms with Crippen LogP contribution in [0.3, 0.4) is 0 Å². The number of amides is 1. The van der Waals surface area contributed by atoms with Crippen molar-refractivity contribution in [1.82, 2.24) is 5.32 Å². The topological polar surface area (TPSA) is 75.3 Å². The summed E-state index contributed by atoms with van der Waals surface area (Å²) in [6.45, 7) is 3.35. The Labute approximate surface area is 168 Å². The summed E-state index contributed by atoms with van der Waals surface area (Å²) in [5.41, 5.74) is 9.57. The highest BCUT2D eigenvalue weighted by molar-refractivity contribution is 5.98. The second-order valence-corrected chi connectivity index (χ2v) is 7.05. The molecule has 0 unspecified atom stereocenters. The summed E-state index contributed by atoms with van der Waals surface area (Å²) in [4.78, 5) is 12.7. The Kier molecular flexibility index (Phi) is 5.94. The molecule has 0 aromatic heterocycles. The number of aryl methyl sites for hydroxylation is 1. The van der Waals surface area contributed by atoms with Crippen LogP contribution < -0.4 is 11.1 Å². The summed E-state index contributed by atoms with van der Waals surface area (Å²) in [6.07, 6.45) is 0. The van der Waals surface area contributed by atoms with E-state index in [1.165, 1.54) is 18.2 Å². The van der Waals surface area contributed by atoms with Gasteiger partial charge in [0.15, 0.2) is 11.6 Å². The molecule has 4 nitrogen and oxygen atoms in total. The number of nitrogens with two attached hydrogens (primary N) is 1. The number of carbonyl (C=O) groups is 1. The molecule has 4 N–H and O–H groups in total. The average Bonchev–Trinajstić information content (AvgIpc) is 2.69. The maximum atomic E-state index is 14.4. The molecule has 3 rings (SSSR count). The van der Waals surface area contributed by atoms with Crippen LogP contribution in [0.25, 0.3) is 22.3 Å².